The molecule has 0 aliphatic rings. The number of ether oxygens (including phenoxy) is 1. The van der Waals surface area contributed by atoms with Crippen LogP contribution in [0.3, 0.4) is 0 Å². The Kier molecular flexibility index (Phi) is 9.90. The van der Waals surface area contributed by atoms with Crippen LogP contribution in [0.1, 0.15) is 32.8 Å². The van der Waals surface area contributed by atoms with Gasteiger partial charge in [-0.05, 0) is 62.2 Å². The highest BCUT2D eigenvalue weighted by Gasteiger charge is 2.33. The van der Waals surface area contributed by atoms with Gasteiger partial charge in [0.05, 0.1) is 17.7 Å². The number of anilines is 1. The van der Waals surface area contributed by atoms with Crippen molar-refractivity contribution in [3.8, 4) is 5.75 Å². The molecule has 0 saturated heterocycles. The van der Waals surface area contributed by atoms with E-state index in [-0.39, 0.29) is 23.4 Å². The van der Waals surface area contributed by atoms with E-state index in [1.807, 2.05) is 32.9 Å². The second-order valence-electron chi connectivity index (χ2n) is 9.12. The normalized spacial score (nSPS) is 12.0. The molecule has 0 radical (unpaired) electrons. The summed E-state index contributed by atoms with van der Waals surface area (Å²) in [5.41, 5.74) is 1.11. The van der Waals surface area contributed by atoms with Gasteiger partial charge in [-0.25, -0.2) is 8.42 Å². The van der Waals surface area contributed by atoms with Crippen LogP contribution in [0.25, 0.3) is 0 Å². The van der Waals surface area contributed by atoms with Crippen LogP contribution < -0.4 is 14.4 Å². The Morgan fingerprint density at radius 1 is 0.921 bits per heavy atom. The average Bonchev–Trinajstić information content (AvgIpc) is 2.92. The Morgan fingerprint density at radius 3 is 2.13 bits per heavy atom. The molecule has 2 amide bonds. The number of nitrogens with zero attached hydrogens (tertiary/aromatic N) is 2. The Bertz CT molecular complexity index is 1310. The summed E-state index contributed by atoms with van der Waals surface area (Å²) in [6.07, 6.45) is 0.352. The van der Waals surface area contributed by atoms with Crippen LogP contribution in [0.4, 0.5) is 5.69 Å². The third-order valence-corrected chi connectivity index (χ3v) is 7.75. The third kappa shape index (κ3) is 7.13. The van der Waals surface area contributed by atoms with Gasteiger partial charge < -0.3 is 15.0 Å². The van der Waals surface area contributed by atoms with Crippen LogP contribution in [0.5, 0.6) is 5.75 Å². The molecule has 0 aliphatic heterocycles. The van der Waals surface area contributed by atoms with Crippen molar-refractivity contribution in [1.82, 2.24) is 10.2 Å². The molecule has 0 heterocycles. The Hall–Kier alpha value is -3.85. The summed E-state index contributed by atoms with van der Waals surface area (Å²) in [5, 5.41) is 2.89. The monoisotopic (exact) mass is 537 g/mol. The minimum atomic E-state index is -4.07. The van der Waals surface area contributed by atoms with Gasteiger partial charge in [0.2, 0.25) is 11.8 Å². The lowest BCUT2D eigenvalue weighted by atomic mass is 10.1. The molecule has 1 atom stereocenters. The van der Waals surface area contributed by atoms with E-state index in [2.05, 4.69) is 5.32 Å². The molecule has 9 heteroatoms. The van der Waals surface area contributed by atoms with Crippen LogP contribution in [0.2, 0.25) is 0 Å². The summed E-state index contributed by atoms with van der Waals surface area (Å²) >= 11 is 0. The highest BCUT2D eigenvalue weighted by molar-refractivity contribution is 7.92. The fourth-order valence-corrected chi connectivity index (χ4v) is 5.55. The number of rotatable bonds is 12. The minimum Gasteiger partial charge on any atom is -0.497 e. The fourth-order valence-electron chi connectivity index (χ4n) is 4.11. The zero-order valence-electron chi connectivity index (χ0n) is 22.2. The molecule has 0 aliphatic carbocycles. The smallest absolute Gasteiger partial charge is 0.264 e. The van der Waals surface area contributed by atoms with Gasteiger partial charge in [-0.3, -0.25) is 13.9 Å². The van der Waals surface area contributed by atoms with E-state index in [1.54, 1.807) is 67.8 Å². The first-order chi connectivity index (χ1) is 18.2. The number of para-hydroxylation sites is 1. The molecule has 0 bridgehead atoms. The quantitative estimate of drug-likeness (QED) is 0.373. The molecule has 8 nitrogen and oxygen atoms in total. The van der Waals surface area contributed by atoms with E-state index in [0.717, 1.165) is 9.87 Å². The number of carbonyl (C=O) groups is 2. The highest BCUT2D eigenvalue weighted by Crippen LogP contribution is 2.25. The van der Waals surface area contributed by atoms with Crippen LogP contribution in [-0.2, 0) is 26.2 Å². The van der Waals surface area contributed by atoms with Gasteiger partial charge in [0, 0.05) is 12.6 Å². The summed E-state index contributed by atoms with van der Waals surface area (Å²) in [7, 11) is -2.52. The summed E-state index contributed by atoms with van der Waals surface area (Å²) in [6.45, 7) is 5.15. The zero-order valence-corrected chi connectivity index (χ0v) is 23.0. The first kappa shape index (κ1) is 28.7. The van der Waals surface area contributed by atoms with Crippen molar-refractivity contribution in [1.29, 1.82) is 0 Å². The van der Waals surface area contributed by atoms with Crippen LogP contribution in [0, 0.1) is 0 Å². The summed E-state index contributed by atoms with van der Waals surface area (Å²) in [6, 6.07) is 22.8. The van der Waals surface area contributed by atoms with E-state index in [9.17, 15) is 18.0 Å². The molecule has 0 unspecified atom stereocenters. The molecule has 0 aromatic heterocycles. The lowest BCUT2D eigenvalue weighted by Crippen LogP contribution is -2.53. The fraction of sp³-hybridized carbons (Fsp3) is 0.310. The van der Waals surface area contributed by atoms with Crippen molar-refractivity contribution < 1.29 is 22.7 Å². The number of hydrogen-bond acceptors (Lipinski definition) is 5. The summed E-state index contributed by atoms with van der Waals surface area (Å²) in [5.74, 6) is -0.176. The summed E-state index contributed by atoms with van der Waals surface area (Å²) in [4.78, 5) is 28.6. The second-order valence-corrected chi connectivity index (χ2v) is 11.0. The summed E-state index contributed by atoms with van der Waals surface area (Å²) < 4.78 is 33.8. The van der Waals surface area contributed by atoms with Crippen molar-refractivity contribution in [2.24, 2.45) is 0 Å². The minimum absolute atomic E-state index is 0.0700. The van der Waals surface area contributed by atoms with Gasteiger partial charge in [-0.1, -0.05) is 55.5 Å². The topological polar surface area (TPSA) is 96.0 Å². The van der Waals surface area contributed by atoms with Gasteiger partial charge in [0.25, 0.3) is 10.0 Å². The maximum absolute atomic E-state index is 14.0. The Labute approximate surface area is 225 Å². The molecule has 202 valence electrons. The van der Waals surface area contributed by atoms with E-state index >= 15 is 0 Å². The van der Waals surface area contributed by atoms with Crippen LogP contribution >= 0.6 is 0 Å². The molecular formula is C29H35N3O5S. The largest absolute Gasteiger partial charge is 0.497 e. The molecule has 3 aromatic rings. The van der Waals surface area contributed by atoms with Gasteiger partial charge >= 0.3 is 0 Å². The SMILES string of the molecule is CC[C@H](C(=O)NC(C)C)N(Cc1cccc(OC)c1)C(=O)CN(c1ccccc1)S(=O)(=O)c1ccccc1. The van der Waals surface area contributed by atoms with E-state index in [1.165, 1.54) is 17.0 Å². The number of methoxy groups -OCH3 is 1. The maximum atomic E-state index is 14.0. The van der Waals surface area contributed by atoms with Crippen molar-refractivity contribution in [3.05, 3.63) is 90.5 Å². The third-order valence-electron chi connectivity index (χ3n) is 5.96. The van der Waals surface area contributed by atoms with Crippen molar-refractivity contribution in [3.63, 3.8) is 0 Å². The number of sulfonamides is 1. The molecular weight excluding hydrogens is 502 g/mol. The van der Waals surface area contributed by atoms with Gasteiger partial charge in [0.15, 0.2) is 0 Å². The highest BCUT2D eigenvalue weighted by atomic mass is 32.2. The number of nitrogens with one attached hydrogen (secondary N) is 1. The van der Waals surface area contributed by atoms with Crippen molar-refractivity contribution >= 4 is 27.5 Å². The first-order valence-corrected chi connectivity index (χ1v) is 14.0. The van der Waals surface area contributed by atoms with Gasteiger partial charge in [0.1, 0.15) is 18.3 Å². The van der Waals surface area contributed by atoms with E-state index < -0.39 is 28.5 Å². The molecule has 0 spiro atoms. The molecule has 38 heavy (non-hydrogen) atoms. The van der Waals surface area contributed by atoms with Gasteiger partial charge in [-0.15, -0.1) is 0 Å². The molecule has 0 saturated carbocycles. The van der Waals surface area contributed by atoms with Crippen molar-refractivity contribution in [2.75, 3.05) is 18.0 Å². The van der Waals surface area contributed by atoms with Crippen molar-refractivity contribution in [2.45, 2.75) is 50.7 Å². The Morgan fingerprint density at radius 2 is 1.55 bits per heavy atom. The lowest BCUT2D eigenvalue weighted by molar-refractivity contribution is -0.140. The predicted molar refractivity (Wildman–Crippen MR) is 148 cm³/mol. The average molecular weight is 538 g/mol. The standard InChI is InChI=1S/C29H35N3O5S/c1-5-27(29(34)30-22(2)3)31(20-23-13-12-16-25(19-23)37-4)28(33)21-32(24-14-8-6-9-15-24)38(35,36)26-17-10-7-11-18-26/h6-19,22,27H,5,20-21H2,1-4H3,(H,30,34)/t27-/m1/s1. The Balaban J connectivity index is 2.03. The molecule has 0 fully saturated rings. The first-order valence-electron chi connectivity index (χ1n) is 12.5. The predicted octanol–water partition coefficient (Wildman–Crippen LogP) is 4.22. The number of amides is 2. The van der Waals surface area contributed by atoms with Gasteiger partial charge in [-0.2, -0.15) is 0 Å². The second kappa shape index (κ2) is 13.1. The van der Waals surface area contributed by atoms with E-state index in [4.69, 9.17) is 4.74 Å². The number of benzene rings is 3. The lowest BCUT2D eigenvalue weighted by Gasteiger charge is -2.33. The maximum Gasteiger partial charge on any atom is 0.264 e. The number of carbonyl (C=O) groups excluding carboxylic acids is 2. The number of hydrogen-bond donors (Lipinski definition) is 1. The molecule has 3 aromatic carbocycles. The molecule has 1 N–H and O–H groups in total. The molecule has 3 rings (SSSR count). The zero-order chi connectivity index (χ0) is 27.7. The van der Waals surface area contributed by atoms with Crippen LogP contribution in [0.15, 0.2) is 89.8 Å². The van der Waals surface area contributed by atoms with E-state index in [0.29, 0.717) is 17.9 Å². The van der Waals surface area contributed by atoms with Crippen LogP contribution in [-0.4, -0.2) is 50.9 Å².